The number of anilines is 1. The number of halogens is 1. The van der Waals surface area contributed by atoms with Gasteiger partial charge in [0.05, 0.1) is 17.9 Å². The number of nitrogens with zero attached hydrogens (tertiary/aromatic N) is 2. The minimum Gasteiger partial charge on any atom is -0.503 e. The van der Waals surface area contributed by atoms with Gasteiger partial charge in [-0.25, -0.2) is 9.37 Å². The summed E-state index contributed by atoms with van der Waals surface area (Å²) >= 11 is 1.19. The number of hydrogen-bond acceptors (Lipinski definition) is 6. The maximum Gasteiger partial charge on any atom is 0.296 e. The van der Waals surface area contributed by atoms with Gasteiger partial charge in [0.2, 0.25) is 5.78 Å². The zero-order valence-electron chi connectivity index (χ0n) is 13.1. The molecule has 130 valence electrons. The summed E-state index contributed by atoms with van der Waals surface area (Å²) in [5.41, 5.74) is 0.334. The number of thiazole rings is 1. The van der Waals surface area contributed by atoms with Gasteiger partial charge in [-0.3, -0.25) is 14.5 Å². The summed E-state index contributed by atoms with van der Waals surface area (Å²) in [6, 6.07) is 7.42. The molecule has 1 N–H and O–H groups in total. The Bertz CT molecular complexity index is 995. The number of rotatable bonds is 4. The third-order valence-electron chi connectivity index (χ3n) is 4.01. The van der Waals surface area contributed by atoms with Crippen molar-refractivity contribution < 1.29 is 23.5 Å². The van der Waals surface area contributed by atoms with Crippen molar-refractivity contribution in [1.29, 1.82) is 0 Å². The smallest absolute Gasteiger partial charge is 0.296 e. The van der Waals surface area contributed by atoms with E-state index < -0.39 is 29.3 Å². The molecule has 6 nitrogen and oxygen atoms in total. The Morgan fingerprint density at radius 2 is 2.04 bits per heavy atom. The van der Waals surface area contributed by atoms with Crippen molar-refractivity contribution in [3.8, 4) is 0 Å². The zero-order chi connectivity index (χ0) is 18.3. The number of carbonyl (C=O) groups excluding carboxylic acids is 2. The molecule has 3 aromatic rings. The molecule has 8 heteroatoms. The second kappa shape index (κ2) is 6.23. The number of benzene rings is 1. The van der Waals surface area contributed by atoms with E-state index in [4.69, 9.17) is 4.42 Å². The molecule has 4 rings (SSSR count). The van der Waals surface area contributed by atoms with Crippen LogP contribution in [0.25, 0.3) is 0 Å². The first-order valence-electron chi connectivity index (χ1n) is 7.58. The number of aromatic nitrogens is 1. The van der Waals surface area contributed by atoms with Crippen molar-refractivity contribution in [2.75, 3.05) is 4.90 Å². The molecule has 1 atom stereocenters. The van der Waals surface area contributed by atoms with Crippen molar-refractivity contribution >= 4 is 28.2 Å². The normalized spacial score (nSPS) is 17.2. The molecule has 0 fully saturated rings. The molecule has 1 aromatic carbocycles. The molecule has 0 spiro atoms. The zero-order valence-corrected chi connectivity index (χ0v) is 13.9. The topological polar surface area (TPSA) is 83.6 Å². The molecule has 0 saturated carbocycles. The van der Waals surface area contributed by atoms with Crippen LogP contribution in [0.1, 0.15) is 22.2 Å². The molecule has 1 amide bonds. The van der Waals surface area contributed by atoms with Gasteiger partial charge in [-0.2, -0.15) is 0 Å². The molecule has 0 bridgehead atoms. The van der Waals surface area contributed by atoms with Gasteiger partial charge in [0.25, 0.3) is 5.91 Å². The molecule has 3 heterocycles. The minimum atomic E-state index is -0.938. The molecule has 1 aliphatic heterocycles. The third kappa shape index (κ3) is 2.51. The molecule has 2 aromatic heterocycles. The first kappa shape index (κ1) is 16.2. The van der Waals surface area contributed by atoms with E-state index in [0.717, 1.165) is 0 Å². The summed E-state index contributed by atoms with van der Waals surface area (Å²) in [5.74, 6) is -2.49. The molecular weight excluding hydrogens is 359 g/mol. The van der Waals surface area contributed by atoms with Crippen LogP contribution in [-0.2, 0) is 4.79 Å². The lowest BCUT2D eigenvalue weighted by Crippen LogP contribution is -2.30. The first-order valence-corrected chi connectivity index (χ1v) is 8.45. The highest BCUT2D eigenvalue weighted by atomic mass is 32.1. The van der Waals surface area contributed by atoms with Crippen LogP contribution in [0, 0.1) is 5.82 Å². The average molecular weight is 370 g/mol. The minimum absolute atomic E-state index is 0.00699. The van der Waals surface area contributed by atoms with Crippen LogP contribution in [-0.4, -0.2) is 21.8 Å². The Morgan fingerprint density at radius 3 is 2.65 bits per heavy atom. The number of aliphatic hydroxyl groups is 1. The van der Waals surface area contributed by atoms with E-state index >= 15 is 0 Å². The number of carbonyl (C=O) groups is 2. The largest absolute Gasteiger partial charge is 0.503 e. The van der Waals surface area contributed by atoms with Crippen molar-refractivity contribution in [1.82, 2.24) is 4.98 Å². The van der Waals surface area contributed by atoms with Gasteiger partial charge < -0.3 is 9.52 Å². The highest BCUT2D eigenvalue weighted by Gasteiger charge is 2.46. The van der Waals surface area contributed by atoms with Crippen molar-refractivity contribution in [2.24, 2.45) is 0 Å². The van der Waals surface area contributed by atoms with Crippen LogP contribution in [0.3, 0.4) is 0 Å². The van der Waals surface area contributed by atoms with E-state index in [1.54, 1.807) is 5.38 Å². The fourth-order valence-corrected chi connectivity index (χ4v) is 3.54. The Balaban J connectivity index is 1.88. The molecule has 0 saturated heterocycles. The van der Waals surface area contributed by atoms with E-state index in [-0.39, 0.29) is 11.3 Å². The average Bonchev–Trinajstić information content (AvgIpc) is 3.38. The molecule has 26 heavy (non-hydrogen) atoms. The summed E-state index contributed by atoms with van der Waals surface area (Å²) in [6.45, 7) is 0. The molecule has 0 aliphatic carbocycles. The van der Waals surface area contributed by atoms with Gasteiger partial charge in [-0.05, 0) is 29.8 Å². The van der Waals surface area contributed by atoms with Gasteiger partial charge >= 0.3 is 0 Å². The predicted molar refractivity (Wildman–Crippen MR) is 91.4 cm³/mol. The van der Waals surface area contributed by atoms with Crippen LogP contribution < -0.4 is 4.90 Å². The SMILES string of the molecule is O=C(C1=C(O)C(=O)N(c2nccs2)[C@@H]1c1ccc(F)cc1)c1ccco1. The van der Waals surface area contributed by atoms with E-state index in [9.17, 15) is 19.1 Å². The fourth-order valence-electron chi connectivity index (χ4n) is 2.87. The summed E-state index contributed by atoms with van der Waals surface area (Å²) in [6.07, 6.45) is 2.84. The van der Waals surface area contributed by atoms with Crippen LogP contribution >= 0.6 is 11.3 Å². The van der Waals surface area contributed by atoms with Gasteiger partial charge in [0, 0.05) is 11.6 Å². The van der Waals surface area contributed by atoms with Crippen molar-refractivity contribution in [3.05, 3.63) is 82.7 Å². The van der Waals surface area contributed by atoms with E-state index in [0.29, 0.717) is 10.7 Å². The maximum atomic E-state index is 13.3. The molecule has 0 unspecified atom stereocenters. The Labute approximate surface area is 150 Å². The lowest BCUT2D eigenvalue weighted by atomic mass is 9.95. The summed E-state index contributed by atoms with van der Waals surface area (Å²) in [4.78, 5) is 30.9. The lowest BCUT2D eigenvalue weighted by Gasteiger charge is -2.24. The standard InChI is InChI=1S/C18H11FN2O4S/c19-11-5-3-10(4-6-11)14-13(15(22)12-2-1-8-25-12)16(23)17(24)21(14)18-20-7-9-26-18/h1-9,14,23H/t14-/m1/s1. The highest BCUT2D eigenvalue weighted by molar-refractivity contribution is 7.13. The third-order valence-corrected chi connectivity index (χ3v) is 4.78. The number of hydrogen-bond donors (Lipinski definition) is 1. The lowest BCUT2D eigenvalue weighted by molar-refractivity contribution is -0.117. The molecular formula is C18H11FN2O4S. The van der Waals surface area contributed by atoms with Crippen LogP contribution in [0.15, 0.2) is 70.0 Å². The predicted octanol–water partition coefficient (Wildman–Crippen LogP) is 3.66. The van der Waals surface area contributed by atoms with Gasteiger partial charge in [-0.15, -0.1) is 11.3 Å². The van der Waals surface area contributed by atoms with E-state index in [2.05, 4.69) is 4.98 Å². The second-order valence-corrected chi connectivity index (χ2v) is 6.39. The van der Waals surface area contributed by atoms with Crippen LogP contribution in [0.5, 0.6) is 0 Å². The number of furan rings is 1. The Hall–Kier alpha value is -3.26. The van der Waals surface area contributed by atoms with Gasteiger partial charge in [0.1, 0.15) is 5.82 Å². The summed E-state index contributed by atoms with van der Waals surface area (Å²) in [5, 5.41) is 12.4. The maximum absolute atomic E-state index is 13.3. The van der Waals surface area contributed by atoms with E-state index in [1.165, 1.54) is 65.1 Å². The van der Waals surface area contributed by atoms with Crippen LogP contribution in [0.2, 0.25) is 0 Å². The quantitative estimate of drug-likeness (QED) is 0.709. The summed E-state index contributed by atoms with van der Waals surface area (Å²) in [7, 11) is 0. The highest BCUT2D eigenvalue weighted by Crippen LogP contribution is 2.42. The van der Waals surface area contributed by atoms with E-state index in [1.807, 2.05) is 0 Å². The number of amides is 1. The Kier molecular flexibility index (Phi) is 3.89. The number of Topliss-reactive ketones (excluding diaryl/α,β-unsaturated/α-hetero) is 1. The van der Waals surface area contributed by atoms with Crippen molar-refractivity contribution in [2.45, 2.75) is 6.04 Å². The summed E-state index contributed by atoms with van der Waals surface area (Å²) < 4.78 is 18.5. The fraction of sp³-hybridized carbons (Fsp3) is 0.0556. The Morgan fingerprint density at radius 1 is 1.27 bits per heavy atom. The molecule has 1 aliphatic rings. The molecule has 0 radical (unpaired) electrons. The second-order valence-electron chi connectivity index (χ2n) is 5.51. The number of aliphatic hydroxyl groups excluding tert-OH is 1. The first-order chi connectivity index (χ1) is 12.6. The van der Waals surface area contributed by atoms with Crippen molar-refractivity contribution in [3.63, 3.8) is 0 Å². The monoisotopic (exact) mass is 370 g/mol. The number of ketones is 1. The van der Waals surface area contributed by atoms with Gasteiger partial charge in [-0.1, -0.05) is 12.1 Å². The van der Waals surface area contributed by atoms with Gasteiger partial charge in [0.15, 0.2) is 16.7 Å². The van der Waals surface area contributed by atoms with Crippen LogP contribution in [0.4, 0.5) is 9.52 Å².